The molecule has 2 saturated heterocycles. The van der Waals surface area contributed by atoms with Gasteiger partial charge in [0.25, 0.3) is 0 Å². The summed E-state index contributed by atoms with van der Waals surface area (Å²) in [6.07, 6.45) is -19.4. The number of benzene rings is 1. The van der Waals surface area contributed by atoms with E-state index in [1.807, 2.05) is 0 Å². The maximum atomic E-state index is 13.3. The lowest BCUT2D eigenvalue weighted by Gasteiger charge is -2.35. The van der Waals surface area contributed by atoms with E-state index in [4.69, 9.17) is 28.0 Å². The van der Waals surface area contributed by atoms with Crippen molar-refractivity contribution in [3.8, 4) is 0 Å². The summed E-state index contributed by atoms with van der Waals surface area (Å²) in [5.41, 5.74) is -0.803. The van der Waals surface area contributed by atoms with Crippen molar-refractivity contribution in [2.45, 2.75) is 43.6 Å². The number of H-pyrrole nitrogens is 1. The van der Waals surface area contributed by atoms with E-state index in [0.29, 0.717) is 0 Å². The number of ether oxygens (including phenoxy) is 1. The van der Waals surface area contributed by atoms with Gasteiger partial charge in [-0.05, 0) is 25.8 Å². The van der Waals surface area contributed by atoms with Crippen LogP contribution in [0.15, 0.2) is 30.4 Å². The number of hydrogen-bond acceptors (Lipinski definition) is 3. The molecule has 4 rings (SSSR count). The number of carbonyl (C=O) groups excluding carboxylic acids is 1. The van der Waals surface area contributed by atoms with Crippen LogP contribution in [0.2, 0.25) is 0 Å². The molecule has 4 nitrogen and oxygen atoms in total. The monoisotopic (exact) mass is 301 g/mol. The Morgan fingerprint density at radius 1 is 1.52 bits per heavy atom. The van der Waals surface area contributed by atoms with Crippen LogP contribution in [0, 0.1) is 0 Å². The molecule has 0 aliphatic carbocycles. The van der Waals surface area contributed by atoms with E-state index in [0.717, 1.165) is 12.3 Å². The van der Waals surface area contributed by atoms with E-state index in [1.54, 1.807) is 0 Å². The number of aromatic nitrogens is 1. The fraction of sp³-hybridized carbons (Fsp3) is 0.471. The van der Waals surface area contributed by atoms with Gasteiger partial charge in [0.15, 0.2) is 0 Å². The zero-order chi connectivity index (χ0) is 29.4. The number of hydrogen-bond donors (Lipinski definition) is 1. The lowest BCUT2D eigenvalue weighted by Crippen LogP contribution is -2.43. The molecule has 2 aromatic rings. The largest absolute Gasteiger partial charge is 0.459 e. The smallest absolute Gasteiger partial charge is 0.340 e. The summed E-state index contributed by atoms with van der Waals surface area (Å²) < 4.78 is 145. The van der Waals surface area contributed by atoms with Gasteiger partial charge in [0.2, 0.25) is 0 Å². The van der Waals surface area contributed by atoms with Gasteiger partial charge in [-0.3, -0.25) is 0 Å². The average molecular weight is 301 g/mol. The SMILES string of the molecule is [2H]c1cc([2H])c2[nH]cc(C(=O)OC3([2H])C([2H])([2H])[C@]4([2H])N(C([2H])([2H])[2H])[C@]([2H])(C3([2H])[2H])C([2H])([2H])C4([2H])[2H])c2c1[2H]. The molecule has 1 unspecified atom stereocenters. The first-order valence-corrected chi connectivity index (χ1v) is 5.94. The lowest BCUT2D eigenvalue weighted by molar-refractivity contribution is -0.000258. The third kappa shape index (κ3) is 2.14. The molecule has 3 atom stereocenters. The number of carbonyl (C=O) groups is 1. The highest BCUT2D eigenvalue weighted by Crippen LogP contribution is 2.35. The maximum absolute atomic E-state index is 13.3. The highest BCUT2D eigenvalue weighted by Gasteiger charge is 2.40. The molecule has 2 fully saturated rings. The predicted octanol–water partition coefficient (Wildman–Crippen LogP) is 2.95. The Bertz CT molecular complexity index is 1330. The predicted molar refractivity (Wildman–Crippen MR) is 81.3 cm³/mol. The van der Waals surface area contributed by atoms with Gasteiger partial charge in [-0.25, -0.2) is 4.79 Å². The van der Waals surface area contributed by atoms with Crippen LogP contribution in [0.3, 0.4) is 0 Å². The second-order valence-corrected chi connectivity index (χ2v) is 4.26. The highest BCUT2D eigenvalue weighted by atomic mass is 16.5. The van der Waals surface area contributed by atoms with E-state index < -0.39 is 79.1 Å². The Labute approximate surface area is 148 Å². The first-order chi connectivity index (χ1) is 16.8. The minimum Gasteiger partial charge on any atom is -0.459 e. The molecule has 1 N–H and O–H groups in total. The van der Waals surface area contributed by atoms with Gasteiger partial charge in [-0.2, -0.15) is 0 Å². The Morgan fingerprint density at radius 2 is 2.33 bits per heavy atom. The lowest BCUT2D eigenvalue weighted by atomic mass is 10.0. The Morgan fingerprint density at radius 3 is 3.10 bits per heavy atom. The zero-order valence-electron chi connectivity index (χ0n) is 27.4. The summed E-state index contributed by atoms with van der Waals surface area (Å²) in [6.45, 7) is -3.82. The molecule has 2 bridgehead atoms. The quantitative estimate of drug-likeness (QED) is 0.868. The van der Waals surface area contributed by atoms with Crippen LogP contribution < -0.4 is 0 Å². The molecule has 110 valence electrons. The van der Waals surface area contributed by atoms with E-state index in [9.17, 15) is 4.79 Å². The number of nitrogens with one attached hydrogen (secondary N) is 1. The van der Waals surface area contributed by atoms with Crippen LogP contribution in [0.5, 0.6) is 0 Å². The molecule has 0 spiro atoms. The van der Waals surface area contributed by atoms with Gasteiger partial charge < -0.3 is 14.6 Å². The number of esters is 1. The third-order valence-corrected chi connectivity index (χ3v) is 2.99. The molecule has 4 heteroatoms. The molecule has 1 aromatic heterocycles. The van der Waals surface area contributed by atoms with Crippen LogP contribution >= 0.6 is 0 Å². The van der Waals surface area contributed by atoms with E-state index >= 15 is 0 Å². The van der Waals surface area contributed by atoms with Crippen LogP contribution in [-0.4, -0.2) is 40.9 Å². The minimum atomic E-state index is -4.15. The number of rotatable bonds is 2. The second-order valence-electron chi connectivity index (χ2n) is 4.26. The van der Waals surface area contributed by atoms with Crippen molar-refractivity contribution in [3.63, 3.8) is 0 Å². The van der Waals surface area contributed by atoms with Crippen LogP contribution in [0.4, 0.5) is 0 Å². The molecule has 2 aliphatic rings. The van der Waals surface area contributed by atoms with Crippen molar-refractivity contribution in [2.75, 3.05) is 6.98 Å². The van der Waals surface area contributed by atoms with Crippen LogP contribution in [0.1, 0.15) is 59.2 Å². The van der Waals surface area contributed by atoms with Gasteiger partial charge >= 0.3 is 5.97 Å². The summed E-state index contributed by atoms with van der Waals surface area (Å²) in [6, 6.07) is -8.44. The van der Waals surface area contributed by atoms with Gasteiger partial charge in [0.05, 0.1) is 11.0 Å². The van der Waals surface area contributed by atoms with Crippen molar-refractivity contribution in [1.29, 1.82) is 0 Å². The van der Waals surface area contributed by atoms with Gasteiger partial charge in [0.1, 0.15) is 6.08 Å². The molecular formula is C17H20N2O2. The molecule has 0 saturated carbocycles. The third-order valence-electron chi connectivity index (χ3n) is 2.99. The second kappa shape index (κ2) is 4.88. The number of piperidine rings is 1. The number of aromatic amines is 1. The average Bonchev–Trinajstić information content (AvgIpc) is 3.23. The van der Waals surface area contributed by atoms with Crippen LogP contribution in [0.25, 0.3) is 10.9 Å². The fourth-order valence-electron chi connectivity index (χ4n) is 2.01. The molecule has 3 heterocycles. The minimum absolute atomic E-state index is 0.137. The Kier molecular flexibility index (Phi) is 0.961. The summed E-state index contributed by atoms with van der Waals surface area (Å²) >= 11 is 0. The number of fused-ring (bicyclic) bond motifs is 3. The molecule has 21 heavy (non-hydrogen) atoms. The first kappa shape index (κ1) is 4.13. The number of para-hydroxylation sites is 1. The molecule has 0 radical (unpaired) electrons. The summed E-state index contributed by atoms with van der Waals surface area (Å²) in [5, 5.41) is -0.382. The molecular weight excluding hydrogens is 264 g/mol. The van der Waals surface area contributed by atoms with E-state index in [1.165, 1.54) is 0 Å². The van der Waals surface area contributed by atoms with Gasteiger partial charge in [-0.1, -0.05) is 18.2 Å². The molecule has 2 aliphatic heterocycles. The van der Waals surface area contributed by atoms with Crippen molar-refractivity contribution >= 4 is 16.9 Å². The maximum Gasteiger partial charge on any atom is 0.340 e. The van der Waals surface area contributed by atoms with Crippen molar-refractivity contribution in [2.24, 2.45) is 0 Å². The van der Waals surface area contributed by atoms with E-state index in [2.05, 4.69) is 4.98 Å². The normalized spacial score (nSPS) is 61.4. The van der Waals surface area contributed by atoms with Gasteiger partial charge in [0, 0.05) is 59.7 Å². The van der Waals surface area contributed by atoms with Gasteiger partial charge in [-0.15, -0.1) is 0 Å². The molecule has 1 aromatic carbocycles. The Hall–Kier alpha value is -1.81. The van der Waals surface area contributed by atoms with Crippen molar-refractivity contribution in [3.05, 3.63) is 36.0 Å². The fourth-order valence-corrected chi connectivity index (χ4v) is 2.01. The van der Waals surface area contributed by atoms with E-state index in [-0.39, 0.29) is 16.9 Å². The summed E-state index contributed by atoms with van der Waals surface area (Å²) in [4.78, 5) is 15.2. The Balaban J connectivity index is 2.00. The highest BCUT2D eigenvalue weighted by molar-refractivity contribution is 6.04. The molecule has 0 amide bonds. The summed E-state index contributed by atoms with van der Waals surface area (Å²) in [5.74, 6) is -1.74. The topological polar surface area (TPSA) is 45.3 Å². The first-order valence-electron chi connectivity index (χ1n) is 14.4. The number of nitrogens with zero attached hydrogens (tertiary/aromatic N) is 1. The van der Waals surface area contributed by atoms with Crippen molar-refractivity contribution < 1.29 is 32.8 Å². The zero-order valence-corrected chi connectivity index (χ0v) is 10.4. The summed E-state index contributed by atoms with van der Waals surface area (Å²) in [7, 11) is 0. The van der Waals surface area contributed by atoms with Crippen LogP contribution in [-0.2, 0) is 4.74 Å². The van der Waals surface area contributed by atoms with Crippen molar-refractivity contribution in [1.82, 2.24) is 9.88 Å². The standard InChI is InChI=1S/C17H20N2O2/c1-19-11-6-7-12(19)9-13(8-11)21-17(20)15-10-18-16-5-3-2-4-14(15)16/h2-5,10-13,18H,6-9H2,1H3/t11-,12+,13?/i1D3,2D,4D,5D,6D2,7D2,8D2,9D2,11D,12D,13D.